The third-order valence-electron chi connectivity index (χ3n) is 4.81. The molecule has 3 rings (SSSR count). The van der Waals surface area contributed by atoms with Gasteiger partial charge in [0.25, 0.3) is 0 Å². The van der Waals surface area contributed by atoms with Crippen molar-refractivity contribution in [2.75, 3.05) is 13.1 Å². The fourth-order valence-electron chi connectivity index (χ4n) is 3.48. The summed E-state index contributed by atoms with van der Waals surface area (Å²) in [5.74, 6) is -2.07. The van der Waals surface area contributed by atoms with E-state index in [-0.39, 0.29) is 12.5 Å². The first-order valence-corrected chi connectivity index (χ1v) is 8.15. The van der Waals surface area contributed by atoms with Gasteiger partial charge in [-0.2, -0.15) is 0 Å². The highest BCUT2D eigenvalue weighted by Gasteiger charge is 2.35. The van der Waals surface area contributed by atoms with Crippen LogP contribution in [-0.4, -0.2) is 45.7 Å². The highest BCUT2D eigenvalue weighted by Crippen LogP contribution is 2.25. The second-order valence-electron chi connectivity index (χ2n) is 6.41. The van der Waals surface area contributed by atoms with Crippen LogP contribution in [0.3, 0.4) is 0 Å². The van der Waals surface area contributed by atoms with Gasteiger partial charge >= 0.3 is 5.97 Å². The van der Waals surface area contributed by atoms with Gasteiger partial charge in [0.2, 0.25) is 12.1 Å². The molecule has 0 bridgehead atoms. The van der Waals surface area contributed by atoms with Gasteiger partial charge in [0.1, 0.15) is 0 Å². The van der Waals surface area contributed by atoms with Crippen LogP contribution >= 0.6 is 0 Å². The summed E-state index contributed by atoms with van der Waals surface area (Å²) in [5, 5.41) is 9.88. The number of aliphatic carboxylic acids is 1. The Morgan fingerprint density at radius 3 is 2.88 bits per heavy atom. The normalized spacial score (nSPS) is 18.9. The van der Waals surface area contributed by atoms with Gasteiger partial charge in [-0.15, -0.1) is 0 Å². The Morgan fingerprint density at radius 1 is 1.38 bits per heavy atom. The first kappa shape index (κ1) is 16.5. The van der Waals surface area contributed by atoms with E-state index >= 15 is 0 Å². The van der Waals surface area contributed by atoms with Crippen LogP contribution < -0.4 is 0 Å². The number of alkyl halides is 1. The maximum absolute atomic E-state index is 13.6. The zero-order valence-electron chi connectivity index (χ0n) is 13.6. The van der Waals surface area contributed by atoms with E-state index in [1.807, 2.05) is 42.1 Å². The monoisotopic (exact) mass is 332 g/mol. The molecule has 1 aromatic heterocycles. The van der Waals surface area contributed by atoms with Crippen molar-refractivity contribution >= 4 is 22.8 Å². The lowest BCUT2D eigenvalue weighted by Crippen LogP contribution is -2.32. The molecule has 1 aromatic carbocycles. The highest BCUT2D eigenvalue weighted by atomic mass is 19.1. The van der Waals surface area contributed by atoms with Crippen LogP contribution in [0.25, 0.3) is 10.9 Å². The molecule has 6 heteroatoms. The molecule has 2 unspecified atom stereocenters. The maximum Gasteiger partial charge on any atom is 0.338 e. The number of halogens is 1. The Balaban J connectivity index is 1.61. The molecule has 0 spiro atoms. The number of amides is 1. The van der Waals surface area contributed by atoms with E-state index in [1.165, 1.54) is 0 Å². The van der Waals surface area contributed by atoms with Crippen LogP contribution in [0.15, 0.2) is 30.5 Å². The van der Waals surface area contributed by atoms with Crippen LogP contribution in [0.1, 0.15) is 18.4 Å². The number of hydrogen-bond donors (Lipinski definition) is 1. The molecule has 0 aliphatic carbocycles. The maximum atomic E-state index is 13.6. The molecule has 128 valence electrons. The van der Waals surface area contributed by atoms with Crippen molar-refractivity contribution in [3.8, 4) is 0 Å². The van der Waals surface area contributed by atoms with Gasteiger partial charge in [-0.3, -0.25) is 4.79 Å². The molecule has 1 amide bonds. The number of fused-ring (bicyclic) bond motifs is 1. The number of carbonyl (C=O) groups excluding carboxylic acids is 1. The number of para-hydroxylation sites is 1. The van der Waals surface area contributed by atoms with Gasteiger partial charge in [-0.25, -0.2) is 9.18 Å². The van der Waals surface area contributed by atoms with Gasteiger partial charge in [0.15, 0.2) is 0 Å². The third-order valence-corrected chi connectivity index (χ3v) is 4.81. The number of nitrogens with zero attached hydrogens (tertiary/aromatic N) is 2. The number of aromatic nitrogens is 1. The Kier molecular flexibility index (Phi) is 4.55. The highest BCUT2D eigenvalue weighted by molar-refractivity contribution is 5.85. The molecule has 1 fully saturated rings. The summed E-state index contributed by atoms with van der Waals surface area (Å²) < 4.78 is 15.6. The predicted octanol–water partition coefficient (Wildman–Crippen LogP) is 2.38. The summed E-state index contributed by atoms with van der Waals surface area (Å²) in [7, 11) is 1.98. The number of rotatable bonds is 5. The van der Waals surface area contributed by atoms with E-state index in [2.05, 4.69) is 0 Å². The standard InChI is InChI=1S/C18H21FN2O3/c1-20-10-12(14-4-2-3-5-15(14)20)6-7-16(22)21-9-8-13(11-21)17(19)18(23)24/h2-5,10,13,17H,6-9,11H2,1H3,(H,23,24). The largest absolute Gasteiger partial charge is 0.479 e. The third kappa shape index (κ3) is 3.13. The smallest absolute Gasteiger partial charge is 0.338 e. The van der Waals surface area contributed by atoms with E-state index in [0.717, 1.165) is 16.5 Å². The fraction of sp³-hybridized carbons (Fsp3) is 0.444. The zero-order valence-corrected chi connectivity index (χ0v) is 13.6. The van der Waals surface area contributed by atoms with Gasteiger partial charge in [-0.1, -0.05) is 18.2 Å². The van der Waals surface area contributed by atoms with Crippen molar-refractivity contribution in [1.29, 1.82) is 0 Å². The SMILES string of the molecule is Cn1cc(CCC(=O)N2CCC(C(F)C(=O)O)C2)c2ccccc21. The van der Waals surface area contributed by atoms with Crippen molar-refractivity contribution in [3.05, 3.63) is 36.0 Å². The lowest BCUT2D eigenvalue weighted by molar-refractivity contribution is -0.145. The van der Waals surface area contributed by atoms with E-state index < -0.39 is 18.1 Å². The van der Waals surface area contributed by atoms with Gasteiger partial charge in [0.05, 0.1) is 0 Å². The molecule has 5 nitrogen and oxygen atoms in total. The fourth-order valence-corrected chi connectivity index (χ4v) is 3.48. The number of carbonyl (C=O) groups is 2. The molecule has 2 aromatic rings. The Bertz CT molecular complexity index is 771. The minimum Gasteiger partial charge on any atom is -0.479 e. The second-order valence-corrected chi connectivity index (χ2v) is 6.41. The summed E-state index contributed by atoms with van der Waals surface area (Å²) in [6.45, 7) is 0.634. The molecule has 1 saturated heterocycles. The minimum absolute atomic E-state index is 0.0389. The van der Waals surface area contributed by atoms with Crippen LogP contribution in [0.4, 0.5) is 4.39 Å². The lowest BCUT2D eigenvalue weighted by Gasteiger charge is -2.17. The van der Waals surface area contributed by atoms with Crippen molar-refractivity contribution in [2.24, 2.45) is 13.0 Å². The number of carboxylic acid groups (broad SMARTS) is 1. The average Bonchev–Trinajstić information content (AvgIpc) is 3.18. The summed E-state index contributed by atoms with van der Waals surface area (Å²) in [6, 6.07) is 8.05. The number of hydrogen-bond acceptors (Lipinski definition) is 2. The molecular weight excluding hydrogens is 311 g/mol. The van der Waals surface area contributed by atoms with Crippen LogP contribution in [-0.2, 0) is 23.1 Å². The molecule has 24 heavy (non-hydrogen) atoms. The molecule has 1 aliphatic rings. The summed E-state index contributed by atoms with van der Waals surface area (Å²) in [5.41, 5.74) is 2.24. The van der Waals surface area contributed by atoms with Crippen LogP contribution in [0.5, 0.6) is 0 Å². The molecule has 1 aliphatic heterocycles. The van der Waals surface area contributed by atoms with E-state index in [9.17, 15) is 14.0 Å². The number of benzene rings is 1. The Morgan fingerprint density at radius 2 is 2.12 bits per heavy atom. The van der Waals surface area contributed by atoms with Crippen molar-refractivity contribution in [1.82, 2.24) is 9.47 Å². The number of likely N-dealkylation sites (tertiary alicyclic amines) is 1. The first-order valence-electron chi connectivity index (χ1n) is 8.15. The predicted molar refractivity (Wildman–Crippen MR) is 88.5 cm³/mol. The molecule has 2 atom stereocenters. The average molecular weight is 332 g/mol. The van der Waals surface area contributed by atoms with Crippen molar-refractivity contribution < 1.29 is 19.1 Å². The first-order chi connectivity index (χ1) is 11.5. The van der Waals surface area contributed by atoms with Crippen molar-refractivity contribution in [2.45, 2.75) is 25.4 Å². The molecule has 0 radical (unpaired) electrons. The molecule has 2 heterocycles. The summed E-state index contributed by atoms with van der Waals surface area (Å²) >= 11 is 0. The zero-order chi connectivity index (χ0) is 17.3. The van der Waals surface area contributed by atoms with E-state index in [4.69, 9.17) is 5.11 Å². The van der Waals surface area contributed by atoms with E-state index in [1.54, 1.807) is 4.90 Å². The van der Waals surface area contributed by atoms with Crippen LogP contribution in [0.2, 0.25) is 0 Å². The summed E-state index contributed by atoms with van der Waals surface area (Å²) in [4.78, 5) is 24.7. The Hall–Kier alpha value is -2.37. The quantitative estimate of drug-likeness (QED) is 0.914. The molecular formula is C18H21FN2O3. The van der Waals surface area contributed by atoms with Gasteiger partial charge in [0, 0.05) is 49.6 Å². The number of carboxylic acids is 1. The molecule has 0 saturated carbocycles. The Labute approximate surface area is 139 Å². The van der Waals surface area contributed by atoms with Gasteiger partial charge in [-0.05, 0) is 24.5 Å². The number of aryl methyl sites for hydroxylation is 2. The minimum atomic E-state index is -1.89. The second kappa shape index (κ2) is 6.63. The van der Waals surface area contributed by atoms with Crippen LogP contribution in [0, 0.1) is 5.92 Å². The molecule has 1 N–H and O–H groups in total. The van der Waals surface area contributed by atoms with Gasteiger partial charge < -0.3 is 14.6 Å². The van der Waals surface area contributed by atoms with Crippen molar-refractivity contribution in [3.63, 3.8) is 0 Å². The van der Waals surface area contributed by atoms with E-state index in [0.29, 0.717) is 25.8 Å². The topological polar surface area (TPSA) is 62.5 Å². The lowest BCUT2D eigenvalue weighted by atomic mass is 10.0. The summed E-state index contributed by atoms with van der Waals surface area (Å²) in [6.07, 6.45) is 1.53.